The highest BCUT2D eigenvalue weighted by atomic mass is 32.2. The van der Waals surface area contributed by atoms with Crippen molar-refractivity contribution in [2.75, 3.05) is 0 Å². The van der Waals surface area contributed by atoms with Crippen molar-refractivity contribution in [3.63, 3.8) is 0 Å². The second-order valence-electron chi connectivity index (χ2n) is 4.48. The van der Waals surface area contributed by atoms with E-state index in [9.17, 15) is 0 Å². The molecule has 3 aromatic rings. The van der Waals surface area contributed by atoms with Gasteiger partial charge in [-0.05, 0) is 12.1 Å². The Labute approximate surface area is 126 Å². The number of rotatable bonds is 5. The third-order valence-electron chi connectivity index (χ3n) is 3.09. The third kappa shape index (κ3) is 2.98. The summed E-state index contributed by atoms with van der Waals surface area (Å²) in [4.78, 5) is 8.58. The molecular weight excluding hydrogens is 286 g/mol. The van der Waals surface area contributed by atoms with Gasteiger partial charge in [-0.25, -0.2) is 14.6 Å². The molecule has 0 spiro atoms. The molecule has 0 bridgehead atoms. The summed E-state index contributed by atoms with van der Waals surface area (Å²) in [7, 11) is 1.89. The van der Waals surface area contributed by atoms with Crippen molar-refractivity contribution in [2.24, 2.45) is 7.05 Å². The van der Waals surface area contributed by atoms with E-state index in [1.165, 1.54) is 0 Å². The average molecular weight is 301 g/mol. The number of para-hydroxylation sites is 1. The maximum Gasteiger partial charge on any atom is 0.168 e. The Morgan fingerprint density at radius 1 is 1.19 bits per heavy atom. The van der Waals surface area contributed by atoms with E-state index in [0.29, 0.717) is 5.75 Å². The fourth-order valence-electron chi connectivity index (χ4n) is 1.90. The van der Waals surface area contributed by atoms with Crippen molar-refractivity contribution in [3.8, 4) is 5.69 Å². The summed E-state index contributed by atoms with van der Waals surface area (Å²) >= 11 is 1.55. The molecule has 0 unspecified atom stereocenters. The number of hydrogen-bond donors (Lipinski definition) is 1. The van der Waals surface area contributed by atoms with Crippen molar-refractivity contribution in [3.05, 3.63) is 54.4 Å². The minimum atomic E-state index is -0.00898. The molecule has 2 aromatic heterocycles. The fourth-order valence-corrected chi connectivity index (χ4v) is 2.73. The van der Waals surface area contributed by atoms with Crippen LogP contribution in [0.15, 0.2) is 48.0 Å². The number of thioether (sulfide) groups is 1. The maximum absolute atomic E-state index is 9.15. The Bertz CT molecular complexity index is 722. The quantitative estimate of drug-likeness (QED) is 0.728. The number of nitrogens with zero attached hydrogens (tertiary/aromatic N) is 5. The number of aliphatic hydroxyl groups excluding tert-OH is 1. The normalized spacial score (nSPS) is 11.0. The van der Waals surface area contributed by atoms with Gasteiger partial charge in [-0.3, -0.25) is 0 Å². The molecule has 3 rings (SSSR count). The molecule has 0 fully saturated rings. The van der Waals surface area contributed by atoms with E-state index >= 15 is 0 Å². The Kier molecular flexibility index (Phi) is 4.03. The highest BCUT2D eigenvalue weighted by Gasteiger charge is 2.09. The van der Waals surface area contributed by atoms with E-state index in [1.54, 1.807) is 29.0 Å². The molecule has 7 heteroatoms. The lowest BCUT2D eigenvalue weighted by Gasteiger charge is -2.02. The van der Waals surface area contributed by atoms with Crippen molar-refractivity contribution < 1.29 is 5.11 Å². The smallest absolute Gasteiger partial charge is 0.168 e. The van der Waals surface area contributed by atoms with Crippen molar-refractivity contribution >= 4 is 11.8 Å². The highest BCUT2D eigenvalue weighted by Crippen LogP contribution is 2.20. The van der Waals surface area contributed by atoms with Gasteiger partial charge in [0.15, 0.2) is 11.0 Å². The van der Waals surface area contributed by atoms with Crippen molar-refractivity contribution in [1.29, 1.82) is 0 Å². The van der Waals surface area contributed by atoms with E-state index in [4.69, 9.17) is 5.11 Å². The molecule has 0 radical (unpaired) electrons. The first kappa shape index (κ1) is 13.8. The van der Waals surface area contributed by atoms with Crippen LogP contribution in [-0.2, 0) is 19.4 Å². The molecule has 1 aromatic carbocycles. The lowest BCUT2D eigenvalue weighted by molar-refractivity contribution is 0.271. The maximum atomic E-state index is 9.15. The minimum Gasteiger partial charge on any atom is -0.390 e. The van der Waals surface area contributed by atoms with Crippen LogP contribution in [0, 0.1) is 0 Å². The monoisotopic (exact) mass is 301 g/mol. The summed E-state index contributed by atoms with van der Waals surface area (Å²) in [6.07, 6.45) is 3.39. The molecule has 0 saturated heterocycles. The largest absolute Gasteiger partial charge is 0.390 e. The zero-order valence-corrected chi connectivity index (χ0v) is 12.4. The van der Waals surface area contributed by atoms with Crippen molar-refractivity contribution in [2.45, 2.75) is 17.5 Å². The van der Waals surface area contributed by atoms with Gasteiger partial charge < -0.3 is 9.67 Å². The molecule has 0 saturated carbocycles. The van der Waals surface area contributed by atoms with Crippen LogP contribution in [0.5, 0.6) is 0 Å². The lowest BCUT2D eigenvalue weighted by atomic mass is 10.3. The van der Waals surface area contributed by atoms with Gasteiger partial charge in [-0.1, -0.05) is 30.0 Å². The Morgan fingerprint density at radius 2 is 2.00 bits per heavy atom. The zero-order valence-electron chi connectivity index (χ0n) is 11.5. The Hall–Kier alpha value is -2.12. The van der Waals surface area contributed by atoms with Crippen LogP contribution < -0.4 is 0 Å². The number of hydrogen-bond acceptors (Lipinski definition) is 5. The fraction of sp³-hybridized carbons (Fsp3) is 0.214. The average Bonchev–Trinajstić information content (AvgIpc) is 3.13. The van der Waals surface area contributed by atoms with Gasteiger partial charge in [0.2, 0.25) is 0 Å². The molecule has 0 amide bonds. The zero-order chi connectivity index (χ0) is 14.7. The van der Waals surface area contributed by atoms with E-state index in [0.717, 1.165) is 22.4 Å². The first-order chi connectivity index (χ1) is 10.3. The van der Waals surface area contributed by atoms with Crippen LogP contribution in [0.2, 0.25) is 0 Å². The lowest BCUT2D eigenvalue weighted by Crippen LogP contribution is -1.98. The number of benzene rings is 1. The second-order valence-corrected chi connectivity index (χ2v) is 5.42. The number of imidazole rings is 1. The van der Waals surface area contributed by atoms with Gasteiger partial charge >= 0.3 is 0 Å². The van der Waals surface area contributed by atoms with E-state index in [-0.39, 0.29) is 6.61 Å². The summed E-state index contributed by atoms with van der Waals surface area (Å²) in [5.41, 5.74) is 1.78. The minimum absolute atomic E-state index is 0.00898. The van der Waals surface area contributed by atoms with Gasteiger partial charge in [0, 0.05) is 7.05 Å². The SMILES string of the molecule is Cn1c(CO)cnc1SCc1ncn(-c2ccccc2)n1. The van der Waals surface area contributed by atoms with Crippen LogP contribution in [0.4, 0.5) is 0 Å². The molecular formula is C14H15N5OS. The molecule has 2 heterocycles. The van der Waals surface area contributed by atoms with Crippen LogP contribution in [0.1, 0.15) is 11.5 Å². The van der Waals surface area contributed by atoms with E-state index < -0.39 is 0 Å². The molecule has 1 N–H and O–H groups in total. The van der Waals surface area contributed by atoms with Gasteiger partial charge in [0.25, 0.3) is 0 Å². The first-order valence-corrected chi connectivity index (χ1v) is 7.46. The van der Waals surface area contributed by atoms with Crippen molar-refractivity contribution in [1.82, 2.24) is 24.3 Å². The molecule has 0 aliphatic carbocycles. The summed E-state index contributed by atoms with van der Waals surface area (Å²) in [5.74, 6) is 1.38. The van der Waals surface area contributed by atoms with E-state index in [1.807, 2.05) is 41.9 Å². The molecule has 0 aliphatic rings. The molecule has 0 aliphatic heterocycles. The summed E-state index contributed by atoms with van der Waals surface area (Å²) in [6, 6.07) is 9.87. The van der Waals surface area contributed by atoms with Crippen LogP contribution >= 0.6 is 11.8 Å². The van der Waals surface area contributed by atoms with Gasteiger partial charge in [0.1, 0.15) is 6.33 Å². The molecule has 0 atom stereocenters. The number of aliphatic hydroxyl groups is 1. The second kappa shape index (κ2) is 6.11. The summed E-state index contributed by atoms with van der Waals surface area (Å²) in [5, 5.41) is 14.4. The summed E-state index contributed by atoms with van der Waals surface area (Å²) in [6.45, 7) is -0.00898. The Balaban J connectivity index is 1.69. The molecule has 21 heavy (non-hydrogen) atoms. The standard InChI is InChI=1S/C14H15N5OS/c1-18-12(8-20)7-15-14(18)21-9-13-16-10-19(17-13)11-5-3-2-4-6-11/h2-7,10,20H,8-9H2,1H3. The predicted octanol–water partition coefficient (Wildman–Crippen LogP) is 1.79. The number of aromatic nitrogens is 5. The Morgan fingerprint density at radius 3 is 2.71 bits per heavy atom. The summed E-state index contributed by atoms with van der Waals surface area (Å²) < 4.78 is 3.63. The molecule has 6 nitrogen and oxygen atoms in total. The van der Waals surface area contributed by atoms with Gasteiger partial charge in [0.05, 0.1) is 29.9 Å². The van der Waals surface area contributed by atoms with Crippen LogP contribution in [0.3, 0.4) is 0 Å². The first-order valence-electron chi connectivity index (χ1n) is 6.48. The van der Waals surface area contributed by atoms with Crippen LogP contribution in [-0.4, -0.2) is 29.4 Å². The van der Waals surface area contributed by atoms with Gasteiger partial charge in [-0.2, -0.15) is 5.10 Å². The van der Waals surface area contributed by atoms with Gasteiger partial charge in [-0.15, -0.1) is 0 Å². The third-order valence-corrected chi connectivity index (χ3v) is 4.13. The van der Waals surface area contributed by atoms with E-state index in [2.05, 4.69) is 15.1 Å². The highest BCUT2D eigenvalue weighted by molar-refractivity contribution is 7.98. The molecule has 108 valence electrons. The topological polar surface area (TPSA) is 68.8 Å². The predicted molar refractivity (Wildman–Crippen MR) is 80.1 cm³/mol. The van der Waals surface area contributed by atoms with Crippen LogP contribution in [0.25, 0.3) is 5.69 Å².